The number of nitrogens with zero attached hydrogens (tertiary/aromatic N) is 4. The normalized spacial score (nSPS) is 11.0. The number of esters is 4. The van der Waals surface area contributed by atoms with E-state index < -0.39 is 23.3 Å². The van der Waals surface area contributed by atoms with E-state index in [0.29, 0.717) is 45.7 Å². The van der Waals surface area contributed by atoms with Crippen LogP contribution in [0.15, 0.2) is 0 Å². The van der Waals surface area contributed by atoms with E-state index >= 15 is 0 Å². The standard InChI is InChI=1S/C59H102N6O12S12/c66-51(21-31-62(48-79)27-15-7-1-2-11-19-43-78)74-39-35-70-44-59(45-71-36-40-75-52(67)22-32-63(49-80)28-16-9-5-13-25-60-56(84)85,46-72-37-41-76-53(68)23-33-64(50-81)29-17-10-6-14-26-61-57(86)87)47-73-38-42-77-54(69)24-34-65(58(88)89)30-18-8-3-4-12-20-55(82)83/h43,48-50H,1-42,44-47H2,(H,82,83)(H,88,89)(H2,60,84,85)(H2,61,86,87). The van der Waals surface area contributed by atoms with Crippen LogP contribution in [-0.4, -0.2) is 227 Å². The molecule has 0 amide bonds. The number of nitrogens with one attached hydrogen (secondary N) is 2. The molecule has 0 aliphatic rings. The van der Waals surface area contributed by atoms with Gasteiger partial charge in [0, 0.05) is 69.6 Å². The molecule has 0 unspecified atom stereocenters. The molecule has 0 rings (SSSR count). The third-order valence-electron chi connectivity index (χ3n) is 13.6. The zero-order chi connectivity index (χ0) is 65.9. The fourth-order valence-corrected chi connectivity index (χ4v) is 10.5. The van der Waals surface area contributed by atoms with E-state index in [-0.39, 0.29) is 111 Å². The smallest absolute Gasteiger partial charge is 0.307 e. The number of hydrogen-bond donors (Lipinski definition) is 6. The minimum atomic E-state index is -1.00. The Morgan fingerprint density at radius 2 is 0.685 bits per heavy atom. The molecule has 0 aromatic rings. The Morgan fingerprint density at radius 3 is 1.01 bits per heavy atom. The lowest BCUT2D eigenvalue weighted by atomic mass is 9.92. The lowest BCUT2D eigenvalue weighted by Crippen LogP contribution is -2.43. The predicted octanol–water partition coefficient (Wildman–Crippen LogP) is 10.7. The fraction of sp³-hybridized carbons (Fsp3) is 0.797. The highest BCUT2D eigenvalue weighted by molar-refractivity contribution is 8.12. The molecule has 0 atom stereocenters. The van der Waals surface area contributed by atoms with Gasteiger partial charge in [0.1, 0.15) is 39.4 Å². The van der Waals surface area contributed by atoms with Gasteiger partial charge in [-0.15, -0.1) is 50.5 Å². The van der Waals surface area contributed by atoms with E-state index in [1.54, 1.807) is 21.8 Å². The third kappa shape index (κ3) is 57.8. The van der Waals surface area contributed by atoms with E-state index in [4.69, 9.17) is 136 Å². The Bertz CT molecular complexity index is 1910. The maximum absolute atomic E-state index is 12.9. The SMILES string of the molecule is O=C(CCN(C=S)CCCCCCCC=S)OCCOCC(COCCOC(=O)CCN(C=S)CCCCCCNC(=S)S)(COCCOC(=O)CCN(C=S)CCCCCCNC(=S)S)COCCOC(=O)CCN(CCCCCCCC(=S)S)C(=S)S. The van der Waals surface area contributed by atoms with Crippen molar-refractivity contribution < 1.29 is 57.1 Å². The van der Waals surface area contributed by atoms with Gasteiger partial charge in [-0.1, -0.05) is 162 Å². The molecular formula is C59H102N6O12S12. The summed E-state index contributed by atoms with van der Waals surface area (Å²) in [6.07, 6.45) is 20.7. The van der Waals surface area contributed by atoms with Crippen LogP contribution in [0.3, 0.4) is 0 Å². The molecule has 0 spiro atoms. The molecule has 512 valence electrons. The number of rotatable bonds is 65. The van der Waals surface area contributed by atoms with Crippen molar-refractivity contribution in [2.75, 3.05) is 145 Å². The largest absolute Gasteiger partial charge is 0.463 e. The molecule has 0 aromatic carbocycles. The summed E-state index contributed by atoms with van der Waals surface area (Å²) in [4.78, 5) is 59.2. The number of carbonyl (C=O) groups excluding carboxylic acids is 4. The van der Waals surface area contributed by atoms with Gasteiger partial charge in [0.05, 0.1) is 100 Å². The molecule has 0 saturated heterocycles. The van der Waals surface area contributed by atoms with Crippen LogP contribution in [0.1, 0.15) is 154 Å². The average Bonchev–Trinajstić information content (AvgIpc) is 3.66. The number of ether oxygens (including phenoxy) is 8. The van der Waals surface area contributed by atoms with E-state index in [2.05, 4.69) is 61.1 Å². The Labute approximate surface area is 597 Å². The van der Waals surface area contributed by atoms with Crippen LogP contribution in [0.5, 0.6) is 0 Å². The summed E-state index contributed by atoms with van der Waals surface area (Å²) < 4.78 is 49.0. The number of hydrogen-bond acceptors (Lipinski definition) is 20. The van der Waals surface area contributed by atoms with Crippen LogP contribution < -0.4 is 10.6 Å². The van der Waals surface area contributed by atoms with E-state index in [9.17, 15) is 19.2 Å². The van der Waals surface area contributed by atoms with Crippen LogP contribution in [0, 0.1) is 5.41 Å². The summed E-state index contributed by atoms with van der Waals surface area (Å²) in [5.74, 6) is -1.59. The number of carbonyl (C=O) groups is 4. The quantitative estimate of drug-likeness (QED) is 0.0111. The zero-order valence-electron chi connectivity index (χ0n) is 52.1. The molecule has 0 aliphatic carbocycles. The number of thiocarbonyl (C=S) groups is 8. The minimum Gasteiger partial charge on any atom is -0.463 e. The number of unbranched alkanes of at least 4 members (excludes halogenated alkanes) is 15. The van der Waals surface area contributed by atoms with Crippen LogP contribution >= 0.6 is 148 Å². The molecule has 18 nitrogen and oxygen atoms in total. The van der Waals surface area contributed by atoms with Gasteiger partial charge in [0.25, 0.3) is 0 Å². The molecule has 0 aromatic heterocycles. The van der Waals surface area contributed by atoms with Crippen LogP contribution in [0.25, 0.3) is 0 Å². The molecule has 0 saturated carbocycles. The van der Waals surface area contributed by atoms with E-state index in [1.165, 1.54) is 0 Å². The van der Waals surface area contributed by atoms with Gasteiger partial charge < -0.3 is 68.1 Å². The molecule has 0 aliphatic heterocycles. The Morgan fingerprint density at radius 1 is 0.371 bits per heavy atom. The monoisotopic (exact) mass is 1470 g/mol. The van der Waals surface area contributed by atoms with Crippen molar-refractivity contribution in [2.45, 2.75) is 154 Å². The van der Waals surface area contributed by atoms with Crippen molar-refractivity contribution in [1.82, 2.24) is 30.2 Å². The van der Waals surface area contributed by atoms with Crippen molar-refractivity contribution >= 4 is 211 Å². The van der Waals surface area contributed by atoms with Gasteiger partial charge in [-0.05, 0) is 69.6 Å². The van der Waals surface area contributed by atoms with Crippen molar-refractivity contribution in [3.8, 4) is 0 Å². The van der Waals surface area contributed by atoms with E-state index in [0.717, 1.165) is 165 Å². The van der Waals surface area contributed by atoms with Gasteiger partial charge >= 0.3 is 23.9 Å². The topological polar surface area (TPSA) is 179 Å². The molecular weight excluding hydrogens is 1370 g/mol. The average molecular weight is 1470 g/mol. The molecule has 30 heteroatoms. The highest BCUT2D eigenvalue weighted by Gasteiger charge is 2.33. The van der Waals surface area contributed by atoms with Gasteiger partial charge in [-0.25, -0.2) is 0 Å². The summed E-state index contributed by atoms with van der Waals surface area (Å²) in [5.41, 5.74) is 3.72. The minimum absolute atomic E-state index is 0.00948. The van der Waals surface area contributed by atoms with Gasteiger partial charge in [0.15, 0.2) is 0 Å². The number of thiol groups is 4. The molecule has 2 N–H and O–H groups in total. The first-order valence-electron chi connectivity index (χ1n) is 31.1. The molecule has 0 radical (unpaired) electrons. The van der Waals surface area contributed by atoms with E-state index in [1.807, 2.05) is 19.6 Å². The third-order valence-corrected chi connectivity index (χ3v) is 16.3. The molecule has 0 fully saturated rings. The summed E-state index contributed by atoms with van der Waals surface area (Å²) in [6.45, 7) is 6.19. The van der Waals surface area contributed by atoms with Crippen LogP contribution in [0.2, 0.25) is 0 Å². The lowest BCUT2D eigenvalue weighted by molar-refractivity contribution is -0.151. The zero-order valence-corrected chi connectivity index (χ0v) is 62.2. The van der Waals surface area contributed by atoms with Gasteiger partial charge in [-0.3, -0.25) is 19.2 Å². The summed E-state index contributed by atoms with van der Waals surface area (Å²) in [6, 6.07) is 0. The first kappa shape index (κ1) is 87.6. The summed E-state index contributed by atoms with van der Waals surface area (Å²) in [7, 11) is 0. The van der Waals surface area contributed by atoms with Crippen LogP contribution in [0.4, 0.5) is 0 Å². The Kier molecular flexibility index (Phi) is 61.8. The second-order valence-electron chi connectivity index (χ2n) is 21.2. The lowest BCUT2D eigenvalue weighted by Gasteiger charge is -2.33. The fourth-order valence-electron chi connectivity index (χ4n) is 8.60. The van der Waals surface area contributed by atoms with Gasteiger partial charge in [-0.2, -0.15) is 0 Å². The van der Waals surface area contributed by atoms with Crippen molar-refractivity contribution in [3.63, 3.8) is 0 Å². The second kappa shape index (κ2) is 62.7. The maximum Gasteiger partial charge on any atom is 0.307 e. The van der Waals surface area contributed by atoms with Crippen LogP contribution in [-0.2, 0) is 57.1 Å². The summed E-state index contributed by atoms with van der Waals surface area (Å²) in [5, 5.41) is 7.86. The highest BCUT2D eigenvalue weighted by Crippen LogP contribution is 2.22. The predicted molar refractivity (Wildman–Crippen MR) is 404 cm³/mol. The second-order valence-corrected chi connectivity index (χ2v) is 26.9. The van der Waals surface area contributed by atoms with Crippen molar-refractivity contribution in [1.29, 1.82) is 0 Å². The maximum atomic E-state index is 12.9. The Balaban J connectivity index is 5.90. The van der Waals surface area contributed by atoms with Crippen molar-refractivity contribution in [2.24, 2.45) is 5.41 Å². The molecule has 0 heterocycles. The first-order valence-corrected chi connectivity index (χ1v) is 36.4. The van der Waals surface area contributed by atoms with Gasteiger partial charge in [0.2, 0.25) is 0 Å². The first-order chi connectivity index (χ1) is 43.0. The molecule has 0 bridgehead atoms. The summed E-state index contributed by atoms with van der Waals surface area (Å²) >= 11 is 57.7. The molecule has 89 heavy (non-hydrogen) atoms. The highest BCUT2D eigenvalue weighted by atomic mass is 32.1. The van der Waals surface area contributed by atoms with Crippen molar-refractivity contribution in [3.05, 3.63) is 0 Å². The Hall–Kier alpha value is -1.36.